The Morgan fingerprint density at radius 1 is 1.16 bits per heavy atom. The first-order valence-electron chi connectivity index (χ1n) is 7.06. The molecular formula is C16H14F3N3O3. The highest BCUT2D eigenvalue weighted by atomic mass is 19.4. The van der Waals surface area contributed by atoms with Crippen LogP contribution >= 0.6 is 0 Å². The number of alkyl halides is 3. The van der Waals surface area contributed by atoms with Crippen LogP contribution < -0.4 is 10.7 Å². The summed E-state index contributed by atoms with van der Waals surface area (Å²) in [6.45, 7) is 3.24. The van der Waals surface area contributed by atoms with E-state index >= 15 is 0 Å². The second-order valence-electron chi connectivity index (χ2n) is 5.08. The fourth-order valence-electron chi connectivity index (χ4n) is 1.83. The van der Waals surface area contributed by atoms with Crippen LogP contribution in [0, 0.1) is 6.92 Å². The highest BCUT2D eigenvalue weighted by Crippen LogP contribution is 2.19. The van der Waals surface area contributed by atoms with Gasteiger partial charge in [0.1, 0.15) is 5.76 Å². The molecule has 2 amide bonds. The van der Waals surface area contributed by atoms with E-state index in [2.05, 4.69) is 10.5 Å². The van der Waals surface area contributed by atoms with Gasteiger partial charge in [0.15, 0.2) is 5.76 Å². The van der Waals surface area contributed by atoms with E-state index in [1.54, 1.807) is 31.3 Å². The van der Waals surface area contributed by atoms with Crippen molar-refractivity contribution in [3.05, 3.63) is 53.5 Å². The maximum Gasteiger partial charge on any atom is 0.471 e. The van der Waals surface area contributed by atoms with Crippen molar-refractivity contribution in [1.82, 2.24) is 5.43 Å². The summed E-state index contributed by atoms with van der Waals surface area (Å²) in [4.78, 5) is 22.8. The number of benzene rings is 1. The van der Waals surface area contributed by atoms with Gasteiger partial charge in [-0.05, 0) is 43.7 Å². The van der Waals surface area contributed by atoms with Gasteiger partial charge in [0.25, 0.3) is 0 Å². The first-order valence-corrected chi connectivity index (χ1v) is 7.06. The number of halogens is 3. The van der Waals surface area contributed by atoms with Gasteiger partial charge < -0.3 is 9.73 Å². The first-order chi connectivity index (χ1) is 11.7. The number of anilines is 1. The molecule has 0 aliphatic rings. The fourth-order valence-corrected chi connectivity index (χ4v) is 1.83. The van der Waals surface area contributed by atoms with E-state index in [0.29, 0.717) is 17.0 Å². The Kier molecular flexibility index (Phi) is 5.26. The van der Waals surface area contributed by atoms with Crippen LogP contribution in [0.5, 0.6) is 0 Å². The minimum absolute atomic E-state index is 0.0395. The van der Waals surface area contributed by atoms with E-state index < -0.39 is 18.0 Å². The maximum absolute atomic E-state index is 12.3. The monoisotopic (exact) mass is 353 g/mol. The minimum Gasteiger partial charge on any atom is -0.456 e. The van der Waals surface area contributed by atoms with Gasteiger partial charge in [0.2, 0.25) is 0 Å². The van der Waals surface area contributed by atoms with E-state index in [-0.39, 0.29) is 11.4 Å². The van der Waals surface area contributed by atoms with Crippen LogP contribution in [-0.4, -0.2) is 23.7 Å². The lowest BCUT2D eigenvalue weighted by Crippen LogP contribution is -2.29. The van der Waals surface area contributed by atoms with Gasteiger partial charge in [-0.3, -0.25) is 9.59 Å². The Hall–Kier alpha value is -3.10. The third-order valence-corrected chi connectivity index (χ3v) is 3.08. The summed E-state index contributed by atoms with van der Waals surface area (Å²) >= 11 is 0. The smallest absolute Gasteiger partial charge is 0.456 e. The van der Waals surface area contributed by atoms with Gasteiger partial charge in [-0.1, -0.05) is 12.1 Å². The Bertz CT molecular complexity index is 825. The van der Waals surface area contributed by atoms with Crippen LogP contribution in [0.1, 0.15) is 28.8 Å². The molecule has 6 nitrogen and oxygen atoms in total. The number of aryl methyl sites for hydroxylation is 1. The van der Waals surface area contributed by atoms with Crippen molar-refractivity contribution >= 4 is 23.2 Å². The van der Waals surface area contributed by atoms with Crippen molar-refractivity contribution in [2.45, 2.75) is 20.0 Å². The van der Waals surface area contributed by atoms with Gasteiger partial charge in [-0.15, -0.1) is 0 Å². The summed E-state index contributed by atoms with van der Waals surface area (Å²) in [5, 5.41) is 5.62. The molecule has 1 aromatic carbocycles. The number of hydrogen-bond donors (Lipinski definition) is 2. The van der Waals surface area contributed by atoms with Gasteiger partial charge in [-0.25, -0.2) is 5.43 Å². The summed E-state index contributed by atoms with van der Waals surface area (Å²) in [7, 11) is 0. The standard InChI is InChI=1S/C16H14F3N3O3/c1-9-6-7-13(25-9)14(23)22-21-10(2)11-4-3-5-12(8-11)20-15(24)16(17,18)19/h3-8H,1-2H3,(H,20,24)(H,22,23)/b21-10-. The number of furan rings is 1. The number of nitrogens with zero attached hydrogens (tertiary/aromatic N) is 1. The first kappa shape index (κ1) is 18.2. The second-order valence-corrected chi connectivity index (χ2v) is 5.08. The lowest BCUT2D eigenvalue weighted by atomic mass is 10.1. The molecule has 0 bridgehead atoms. The molecule has 0 saturated carbocycles. The van der Waals surface area contributed by atoms with E-state index in [9.17, 15) is 22.8 Å². The molecule has 2 rings (SSSR count). The van der Waals surface area contributed by atoms with Crippen LogP contribution in [0.3, 0.4) is 0 Å². The lowest BCUT2D eigenvalue weighted by Gasteiger charge is -2.09. The van der Waals surface area contributed by atoms with Crippen LogP contribution in [0.4, 0.5) is 18.9 Å². The van der Waals surface area contributed by atoms with Crippen LogP contribution in [0.25, 0.3) is 0 Å². The number of hydrogen-bond acceptors (Lipinski definition) is 4. The van der Waals surface area contributed by atoms with Crippen LogP contribution in [-0.2, 0) is 4.79 Å². The molecule has 0 aliphatic heterocycles. The zero-order valence-electron chi connectivity index (χ0n) is 13.3. The summed E-state index contributed by atoms with van der Waals surface area (Å²) in [5.74, 6) is -1.98. The van der Waals surface area contributed by atoms with Gasteiger partial charge in [-0.2, -0.15) is 18.3 Å². The number of nitrogens with one attached hydrogen (secondary N) is 2. The number of hydrazone groups is 1. The summed E-state index contributed by atoms with van der Waals surface area (Å²) in [6.07, 6.45) is -4.98. The normalized spacial score (nSPS) is 12.0. The van der Waals surface area contributed by atoms with Crippen LogP contribution in [0.15, 0.2) is 45.9 Å². The number of rotatable bonds is 4. The summed E-state index contributed by atoms with van der Waals surface area (Å²) < 4.78 is 42.0. The van der Waals surface area contributed by atoms with Gasteiger partial charge >= 0.3 is 18.0 Å². The van der Waals surface area contributed by atoms with Crippen molar-refractivity contribution in [3.8, 4) is 0 Å². The molecule has 0 unspecified atom stereocenters. The van der Waals surface area contributed by atoms with Crippen molar-refractivity contribution in [2.75, 3.05) is 5.32 Å². The maximum atomic E-state index is 12.3. The molecule has 25 heavy (non-hydrogen) atoms. The summed E-state index contributed by atoms with van der Waals surface area (Å²) in [5.41, 5.74) is 3.00. The van der Waals surface area contributed by atoms with Crippen LogP contribution in [0.2, 0.25) is 0 Å². The zero-order chi connectivity index (χ0) is 18.6. The molecule has 2 aromatic rings. The minimum atomic E-state index is -4.98. The quantitative estimate of drug-likeness (QED) is 0.654. The number of carbonyl (C=O) groups is 2. The second kappa shape index (κ2) is 7.20. The molecule has 0 radical (unpaired) electrons. The third kappa shape index (κ3) is 4.93. The highest BCUT2D eigenvalue weighted by Gasteiger charge is 2.38. The molecule has 0 aliphatic carbocycles. The SMILES string of the molecule is C/C(=N/NC(=O)c1ccc(C)o1)c1cccc(NC(=O)C(F)(F)F)c1. The Labute approximate surface area is 140 Å². The number of amides is 2. The van der Waals surface area contributed by atoms with Crippen molar-refractivity contribution in [1.29, 1.82) is 0 Å². The van der Waals surface area contributed by atoms with Crippen molar-refractivity contribution < 1.29 is 27.2 Å². The molecule has 132 valence electrons. The van der Waals surface area contributed by atoms with Crippen molar-refractivity contribution in [3.63, 3.8) is 0 Å². The molecule has 0 atom stereocenters. The topological polar surface area (TPSA) is 83.7 Å². The highest BCUT2D eigenvalue weighted by molar-refractivity contribution is 6.02. The average Bonchev–Trinajstić information content (AvgIpc) is 2.98. The van der Waals surface area contributed by atoms with E-state index in [4.69, 9.17) is 4.42 Å². The molecular weight excluding hydrogens is 339 g/mol. The third-order valence-electron chi connectivity index (χ3n) is 3.08. The molecule has 1 aromatic heterocycles. The molecule has 0 spiro atoms. The van der Waals surface area contributed by atoms with Gasteiger partial charge in [0.05, 0.1) is 5.71 Å². The Morgan fingerprint density at radius 2 is 1.88 bits per heavy atom. The largest absolute Gasteiger partial charge is 0.471 e. The lowest BCUT2D eigenvalue weighted by molar-refractivity contribution is -0.167. The zero-order valence-corrected chi connectivity index (χ0v) is 13.3. The predicted molar refractivity (Wildman–Crippen MR) is 84.2 cm³/mol. The van der Waals surface area contributed by atoms with E-state index in [0.717, 1.165) is 0 Å². The molecule has 2 N–H and O–H groups in total. The fraction of sp³-hybridized carbons (Fsp3) is 0.188. The van der Waals surface area contributed by atoms with Crippen molar-refractivity contribution in [2.24, 2.45) is 5.10 Å². The van der Waals surface area contributed by atoms with E-state index in [1.165, 1.54) is 24.3 Å². The Balaban J connectivity index is 2.08. The Morgan fingerprint density at radius 3 is 2.48 bits per heavy atom. The van der Waals surface area contributed by atoms with Gasteiger partial charge in [0, 0.05) is 5.69 Å². The molecule has 1 heterocycles. The molecule has 9 heteroatoms. The predicted octanol–water partition coefficient (Wildman–Crippen LogP) is 3.24. The molecule has 0 saturated heterocycles. The van der Waals surface area contributed by atoms with E-state index in [1.807, 2.05) is 0 Å². The average molecular weight is 353 g/mol. The molecule has 0 fully saturated rings. The summed E-state index contributed by atoms with van der Waals surface area (Å²) in [6, 6.07) is 8.76. The number of carbonyl (C=O) groups excluding carboxylic acids is 2.